The minimum atomic E-state index is -0.0437. The van der Waals surface area contributed by atoms with Crippen LogP contribution in [0.15, 0.2) is 18.2 Å². The van der Waals surface area contributed by atoms with E-state index in [1.165, 1.54) is 0 Å². The Morgan fingerprint density at radius 2 is 2.23 bits per heavy atom. The van der Waals surface area contributed by atoms with Crippen molar-refractivity contribution in [2.45, 2.75) is 19.4 Å². The Morgan fingerprint density at radius 1 is 1.46 bits per heavy atom. The molecule has 2 rings (SSSR count). The number of halogens is 1. The Hall–Kier alpha value is -0.890. The minimum Gasteiger partial charge on any atom is -0.489 e. The zero-order valence-corrected chi connectivity index (χ0v) is 8.48. The molecular weight excluding hydrogens is 186 g/mol. The van der Waals surface area contributed by atoms with E-state index in [-0.39, 0.29) is 5.54 Å². The summed E-state index contributed by atoms with van der Waals surface area (Å²) in [5, 5.41) is 4.06. The molecule has 0 amide bonds. The third-order valence-electron chi connectivity index (χ3n) is 2.03. The van der Waals surface area contributed by atoms with E-state index < -0.39 is 0 Å². The monoisotopic (exact) mass is 197 g/mol. The van der Waals surface area contributed by atoms with Gasteiger partial charge in [-0.2, -0.15) is 0 Å². The number of ether oxygens (including phenoxy) is 1. The van der Waals surface area contributed by atoms with E-state index in [9.17, 15) is 0 Å². The van der Waals surface area contributed by atoms with Crippen LogP contribution in [0.3, 0.4) is 0 Å². The third kappa shape index (κ3) is 1.59. The van der Waals surface area contributed by atoms with Crippen molar-refractivity contribution < 1.29 is 4.74 Å². The van der Waals surface area contributed by atoms with Gasteiger partial charge in [-0.05, 0) is 26.0 Å². The van der Waals surface area contributed by atoms with Gasteiger partial charge in [-0.25, -0.2) is 0 Å². The van der Waals surface area contributed by atoms with Crippen molar-refractivity contribution in [3.8, 4) is 5.75 Å². The summed E-state index contributed by atoms with van der Waals surface area (Å²) in [6, 6.07) is 5.67. The second-order valence-electron chi connectivity index (χ2n) is 3.91. The fraction of sp³-hybridized carbons (Fsp3) is 0.400. The molecule has 1 heterocycles. The molecule has 0 atom stereocenters. The molecule has 0 unspecified atom stereocenters. The number of hydrogen-bond donors (Lipinski definition) is 1. The van der Waals surface area contributed by atoms with Gasteiger partial charge in [-0.3, -0.25) is 0 Å². The normalized spacial score (nSPS) is 18.4. The fourth-order valence-electron chi connectivity index (χ4n) is 1.38. The standard InChI is InChI=1S/C10H12ClNO/c1-10(2)6-13-8-5-3-4-7(11)9(8)12-10/h3-5,12H,6H2,1-2H3. The topological polar surface area (TPSA) is 21.3 Å². The molecule has 0 fully saturated rings. The van der Waals surface area contributed by atoms with Gasteiger partial charge in [0, 0.05) is 0 Å². The molecule has 1 aromatic carbocycles. The van der Waals surface area contributed by atoms with Crippen LogP contribution < -0.4 is 10.1 Å². The molecule has 3 heteroatoms. The third-order valence-corrected chi connectivity index (χ3v) is 2.34. The summed E-state index contributed by atoms with van der Waals surface area (Å²) < 4.78 is 5.57. The van der Waals surface area contributed by atoms with Gasteiger partial charge in [0.05, 0.1) is 16.2 Å². The highest BCUT2D eigenvalue weighted by Crippen LogP contribution is 2.37. The summed E-state index contributed by atoms with van der Waals surface area (Å²) >= 11 is 6.03. The molecule has 1 aliphatic heterocycles. The lowest BCUT2D eigenvalue weighted by atomic mass is 10.0. The Labute approximate surface area is 82.9 Å². The molecule has 70 valence electrons. The van der Waals surface area contributed by atoms with Gasteiger partial charge in [0.25, 0.3) is 0 Å². The van der Waals surface area contributed by atoms with E-state index >= 15 is 0 Å². The maximum absolute atomic E-state index is 6.03. The fourth-order valence-corrected chi connectivity index (χ4v) is 1.59. The molecule has 13 heavy (non-hydrogen) atoms. The zero-order chi connectivity index (χ0) is 9.47. The lowest BCUT2D eigenvalue weighted by Gasteiger charge is -2.34. The van der Waals surface area contributed by atoms with Crippen molar-refractivity contribution in [3.05, 3.63) is 23.2 Å². The predicted molar refractivity (Wildman–Crippen MR) is 54.6 cm³/mol. The van der Waals surface area contributed by atoms with Crippen LogP contribution in [0.25, 0.3) is 0 Å². The van der Waals surface area contributed by atoms with Crippen LogP contribution in [0.5, 0.6) is 5.75 Å². The van der Waals surface area contributed by atoms with E-state index in [0.717, 1.165) is 11.4 Å². The summed E-state index contributed by atoms with van der Waals surface area (Å²) in [5.74, 6) is 0.840. The van der Waals surface area contributed by atoms with E-state index in [0.29, 0.717) is 11.6 Å². The summed E-state index contributed by atoms with van der Waals surface area (Å²) in [6.45, 7) is 4.83. The highest BCUT2D eigenvalue weighted by molar-refractivity contribution is 6.33. The first-order chi connectivity index (χ1) is 6.08. The highest BCUT2D eigenvalue weighted by atomic mass is 35.5. The van der Waals surface area contributed by atoms with Crippen LogP contribution in [-0.4, -0.2) is 12.1 Å². The van der Waals surface area contributed by atoms with Gasteiger partial charge < -0.3 is 10.1 Å². The van der Waals surface area contributed by atoms with Gasteiger partial charge in [0.2, 0.25) is 0 Å². The molecule has 0 aromatic heterocycles. The van der Waals surface area contributed by atoms with Crippen LogP contribution >= 0.6 is 11.6 Å². The number of fused-ring (bicyclic) bond motifs is 1. The smallest absolute Gasteiger partial charge is 0.144 e. The molecule has 0 saturated carbocycles. The van der Waals surface area contributed by atoms with Crippen LogP contribution in [0.4, 0.5) is 5.69 Å². The number of anilines is 1. The van der Waals surface area contributed by atoms with Gasteiger partial charge in [-0.15, -0.1) is 0 Å². The van der Waals surface area contributed by atoms with Crippen molar-refractivity contribution in [3.63, 3.8) is 0 Å². The molecule has 1 N–H and O–H groups in total. The van der Waals surface area contributed by atoms with E-state index in [1.807, 2.05) is 18.2 Å². The maximum atomic E-state index is 6.03. The van der Waals surface area contributed by atoms with Crippen molar-refractivity contribution in [2.24, 2.45) is 0 Å². The number of rotatable bonds is 0. The molecule has 0 radical (unpaired) electrons. The van der Waals surface area contributed by atoms with Crippen molar-refractivity contribution in [1.82, 2.24) is 0 Å². The zero-order valence-electron chi connectivity index (χ0n) is 7.73. The summed E-state index contributed by atoms with van der Waals surface area (Å²) in [5.41, 5.74) is 0.860. The molecule has 0 spiro atoms. The largest absolute Gasteiger partial charge is 0.489 e. The minimum absolute atomic E-state index is 0.0437. The van der Waals surface area contributed by atoms with Gasteiger partial charge >= 0.3 is 0 Å². The number of nitrogens with one attached hydrogen (secondary N) is 1. The van der Waals surface area contributed by atoms with Crippen LogP contribution in [0, 0.1) is 0 Å². The van der Waals surface area contributed by atoms with E-state index in [2.05, 4.69) is 19.2 Å². The molecule has 2 nitrogen and oxygen atoms in total. The Balaban J connectivity index is 2.44. The first-order valence-electron chi connectivity index (χ1n) is 4.28. The summed E-state index contributed by atoms with van der Waals surface area (Å²) in [4.78, 5) is 0. The molecule has 1 aromatic rings. The van der Waals surface area contributed by atoms with Crippen LogP contribution in [-0.2, 0) is 0 Å². The van der Waals surface area contributed by atoms with Gasteiger partial charge in [-0.1, -0.05) is 17.7 Å². The Morgan fingerprint density at radius 3 is 3.00 bits per heavy atom. The second kappa shape index (κ2) is 2.81. The van der Waals surface area contributed by atoms with Crippen LogP contribution in [0.1, 0.15) is 13.8 Å². The lowest BCUT2D eigenvalue weighted by Crippen LogP contribution is -2.41. The van der Waals surface area contributed by atoms with Crippen molar-refractivity contribution in [1.29, 1.82) is 0 Å². The molecule has 0 bridgehead atoms. The Bertz CT molecular complexity index is 336. The first kappa shape index (κ1) is 8.70. The number of hydrogen-bond acceptors (Lipinski definition) is 2. The van der Waals surface area contributed by atoms with E-state index in [4.69, 9.17) is 16.3 Å². The van der Waals surface area contributed by atoms with Gasteiger partial charge in [0.15, 0.2) is 0 Å². The number of benzene rings is 1. The predicted octanol–water partition coefficient (Wildman–Crippen LogP) is 2.92. The molecular formula is C10H12ClNO. The lowest BCUT2D eigenvalue weighted by molar-refractivity contribution is 0.242. The second-order valence-corrected chi connectivity index (χ2v) is 4.32. The molecule has 1 aliphatic rings. The average molecular weight is 198 g/mol. The maximum Gasteiger partial charge on any atom is 0.144 e. The SMILES string of the molecule is CC1(C)COc2cccc(Cl)c2N1. The summed E-state index contributed by atoms with van der Waals surface area (Å²) in [6.07, 6.45) is 0. The van der Waals surface area contributed by atoms with E-state index in [1.54, 1.807) is 0 Å². The van der Waals surface area contributed by atoms with Crippen LogP contribution in [0.2, 0.25) is 5.02 Å². The summed E-state index contributed by atoms with van der Waals surface area (Å²) in [7, 11) is 0. The van der Waals surface area contributed by atoms with Crippen molar-refractivity contribution in [2.75, 3.05) is 11.9 Å². The molecule has 0 saturated heterocycles. The first-order valence-corrected chi connectivity index (χ1v) is 4.66. The number of para-hydroxylation sites is 1. The molecule has 0 aliphatic carbocycles. The highest BCUT2D eigenvalue weighted by Gasteiger charge is 2.26. The van der Waals surface area contributed by atoms with Crippen molar-refractivity contribution >= 4 is 17.3 Å². The average Bonchev–Trinajstić information content (AvgIpc) is 2.06. The van der Waals surface area contributed by atoms with Gasteiger partial charge in [0.1, 0.15) is 12.4 Å². The quantitative estimate of drug-likeness (QED) is 0.691. The Kier molecular flexibility index (Phi) is 1.88.